The highest BCUT2D eigenvalue weighted by Gasteiger charge is 2.16. The van der Waals surface area contributed by atoms with E-state index in [1.807, 2.05) is 35.8 Å². The minimum atomic E-state index is -0.272. The number of benzene rings is 2. The van der Waals surface area contributed by atoms with Gasteiger partial charge in [-0.05, 0) is 25.1 Å². The molecular weight excluding hydrogens is 451 g/mol. The number of rotatable bonds is 7. The quantitative estimate of drug-likeness (QED) is 0.335. The first kappa shape index (κ1) is 21.7. The summed E-state index contributed by atoms with van der Waals surface area (Å²) in [5, 5.41) is 12.8. The molecule has 0 saturated carbocycles. The van der Waals surface area contributed by atoms with Gasteiger partial charge in [0.25, 0.3) is 0 Å². The highest BCUT2D eigenvalue weighted by atomic mass is 35.5. The molecule has 150 valence electrons. The molecule has 0 bridgehead atoms. The van der Waals surface area contributed by atoms with Crippen molar-refractivity contribution in [3.05, 3.63) is 69.7 Å². The van der Waals surface area contributed by atoms with Crippen molar-refractivity contribution in [2.24, 2.45) is 0 Å². The zero-order valence-electron chi connectivity index (χ0n) is 15.5. The SMILES string of the molecule is C=CCn1c(SCC(=O)Nc2c(Cl)cc(Cl)cc2Cl)nnc1-c1cccc(C)c1. The Hall–Kier alpha value is -1.99. The second-order valence-electron chi connectivity index (χ2n) is 6.16. The zero-order chi connectivity index (χ0) is 21.0. The molecular formula is C20H17Cl3N4OS. The fourth-order valence-electron chi connectivity index (χ4n) is 2.65. The lowest BCUT2D eigenvalue weighted by atomic mass is 10.1. The van der Waals surface area contributed by atoms with Crippen LogP contribution in [0.3, 0.4) is 0 Å². The molecule has 3 aromatic rings. The average Bonchev–Trinajstić information content (AvgIpc) is 3.06. The first-order chi connectivity index (χ1) is 13.9. The summed E-state index contributed by atoms with van der Waals surface area (Å²) < 4.78 is 1.92. The third-order valence-electron chi connectivity index (χ3n) is 3.91. The van der Waals surface area contributed by atoms with Crippen molar-refractivity contribution in [2.45, 2.75) is 18.6 Å². The molecule has 1 aromatic heterocycles. The molecule has 0 fully saturated rings. The molecule has 0 aliphatic carbocycles. The maximum absolute atomic E-state index is 12.4. The van der Waals surface area contributed by atoms with Crippen molar-refractivity contribution >= 4 is 58.2 Å². The normalized spacial score (nSPS) is 10.8. The summed E-state index contributed by atoms with van der Waals surface area (Å²) in [6.07, 6.45) is 1.76. The molecule has 29 heavy (non-hydrogen) atoms. The fraction of sp³-hybridized carbons (Fsp3) is 0.150. The van der Waals surface area contributed by atoms with Gasteiger partial charge in [-0.25, -0.2) is 0 Å². The van der Waals surface area contributed by atoms with E-state index >= 15 is 0 Å². The Bertz CT molecular complexity index is 1040. The van der Waals surface area contributed by atoms with Crippen molar-refractivity contribution in [3.63, 3.8) is 0 Å². The van der Waals surface area contributed by atoms with Crippen LogP contribution in [0.15, 0.2) is 54.2 Å². The first-order valence-electron chi connectivity index (χ1n) is 8.57. The topological polar surface area (TPSA) is 59.8 Å². The van der Waals surface area contributed by atoms with E-state index in [9.17, 15) is 4.79 Å². The van der Waals surface area contributed by atoms with Crippen LogP contribution in [0.1, 0.15) is 5.56 Å². The predicted octanol–water partition coefficient (Wildman–Crippen LogP) is 6.13. The molecule has 0 atom stereocenters. The molecule has 0 saturated heterocycles. The average molecular weight is 468 g/mol. The smallest absolute Gasteiger partial charge is 0.234 e. The summed E-state index contributed by atoms with van der Waals surface area (Å²) in [6, 6.07) is 11.0. The van der Waals surface area contributed by atoms with Gasteiger partial charge in [-0.3, -0.25) is 9.36 Å². The molecule has 1 N–H and O–H groups in total. The van der Waals surface area contributed by atoms with Crippen LogP contribution < -0.4 is 5.32 Å². The number of halogens is 3. The van der Waals surface area contributed by atoms with Crippen LogP contribution in [0, 0.1) is 6.92 Å². The minimum absolute atomic E-state index is 0.110. The second-order valence-corrected chi connectivity index (χ2v) is 8.35. The molecule has 5 nitrogen and oxygen atoms in total. The molecule has 2 aromatic carbocycles. The van der Waals surface area contributed by atoms with Crippen molar-refractivity contribution in [1.29, 1.82) is 0 Å². The van der Waals surface area contributed by atoms with E-state index in [0.29, 0.717) is 22.4 Å². The number of carbonyl (C=O) groups excluding carboxylic acids is 1. The summed E-state index contributed by atoms with van der Waals surface area (Å²) in [5.74, 6) is 0.560. The van der Waals surface area contributed by atoms with Gasteiger partial charge in [-0.2, -0.15) is 0 Å². The highest BCUT2D eigenvalue weighted by Crippen LogP contribution is 2.34. The Balaban J connectivity index is 1.75. The number of nitrogens with zero attached hydrogens (tertiary/aromatic N) is 3. The number of hydrogen-bond acceptors (Lipinski definition) is 4. The summed E-state index contributed by atoms with van der Waals surface area (Å²) in [7, 11) is 0. The Morgan fingerprint density at radius 3 is 2.59 bits per heavy atom. The van der Waals surface area contributed by atoms with E-state index in [4.69, 9.17) is 34.8 Å². The molecule has 0 spiro atoms. The summed E-state index contributed by atoms with van der Waals surface area (Å²) >= 11 is 19.4. The number of aryl methyl sites for hydroxylation is 1. The lowest BCUT2D eigenvalue weighted by molar-refractivity contribution is -0.113. The standard InChI is InChI=1S/C20H17Cl3N4OS/c1-3-7-27-19(13-6-4-5-12(2)8-13)25-26-20(27)29-11-17(28)24-18-15(22)9-14(21)10-16(18)23/h3-6,8-10H,1,7,11H2,2H3,(H,24,28). The van der Waals surface area contributed by atoms with Gasteiger partial charge < -0.3 is 5.32 Å². The van der Waals surface area contributed by atoms with Crippen LogP contribution in [0.2, 0.25) is 15.1 Å². The summed E-state index contributed by atoms with van der Waals surface area (Å²) in [4.78, 5) is 12.4. The van der Waals surface area contributed by atoms with E-state index in [-0.39, 0.29) is 21.7 Å². The van der Waals surface area contributed by atoms with E-state index in [2.05, 4.69) is 22.1 Å². The number of hydrogen-bond donors (Lipinski definition) is 1. The lowest BCUT2D eigenvalue weighted by Gasteiger charge is -2.10. The molecule has 0 aliphatic heterocycles. The Kier molecular flexibility index (Phi) is 7.24. The van der Waals surface area contributed by atoms with Gasteiger partial charge in [0.05, 0.1) is 21.5 Å². The fourth-order valence-corrected chi connectivity index (χ4v) is 4.31. The van der Waals surface area contributed by atoms with E-state index < -0.39 is 0 Å². The number of amides is 1. The van der Waals surface area contributed by atoms with Crippen LogP contribution >= 0.6 is 46.6 Å². The molecule has 0 radical (unpaired) electrons. The van der Waals surface area contributed by atoms with Crippen molar-refractivity contribution in [3.8, 4) is 11.4 Å². The van der Waals surface area contributed by atoms with Crippen LogP contribution in [0.25, 0.3) is 11.4 Å². The lowest BCUT2D eigenvalue weighted by Crippen LogP contribution is -2.15. The molecule has 1 amide bonds. The van der Waals surface area contributed by atoms with E-state index in [1.165, 1.54) is 23.9 Å². The minimum Gasteiger partial charge on any atom is -0.323 e. The maximum Gasteiger partial charge on any atom is 0.234 e. The van der Waals surface area contributed by atoms with E-state index in [1.54, 1.807) is 6.08 Å². The third kappa shape index (κ3) is 5.34. The monoisotopic (exact) mass is 466 g/mol. The highest BCUT2D eigenvalue weighted by molar-refractivity contribution is 7.99. The molecule has 0 unspecified atom stereocenters. The van der Waals surface area contributed by atoms with Crippen LogP contribution in [-0.4, -0.2) is 26.4 Å². The Morgan fingerprint density at radius 1 is 1.21 bits per heavy atom. The number of thioether (sulfide) groups is 1. The zero-order valence-corrected chi connectivity index (χ0v) is 18.5. The van der Waals surface area contributed by atoms with E-state index in [0.717, 1.165) is 17.0 Å². The summed E-state index contributed by atoms with van der Waals surface area (Å²) in [6.45, 7) is 6.34. The molecule has 1 heterocycles. The maximum atomic E-state index is 12.4. The summed E-state index contributed by atoms with van der Waals surface area (Å²) in [5.41, 5.74) is 2.41. The van der Waals surface area contributed by atoms with Gasteiger partial charge in [0, 0.05) is 17.1 Å². The first-order valence-corrected chi connectivity index (χ1v) is 10.7. The predicted molar refractivity (Wildman–Crippen MR) is 121 cm³/mol. The number of nitrogens with one attached hydrogen (secondary N) is 1. The van der Waals surface area contributed by atoms with Crippen molar-refractivity contribution in [1.82, 2.24) is 14.8 Å². The van der Waals surface area contributed by atoms with Gasteiger partial charge in [0.1, 0.15) is 0 Å². The van der Waals surface area contributed by atoms with Crippen molar-refractivity contribution in [2.75, 3.05) is 11.1 Å². The van der Waals surface area contributed by atoms with Crippen LogP contribution in [0.5, 0.6) is 0 Å². The number of anilines is 1. The van der Waals surface area contributed by atoms with Crippen LogP contribution in [-0.2, 0) is 11.3 Å². The largest absolute Gasteiger partial charge is 0.323 e. The third-order valence-corrected chi connectivity index (χ3v) is 5.69. The van der Waals surface area contributed by atoms with Crippen molar-refractivity contribution < 1.29 is 4.79 Å². The van der Waals surface area contributed by atoms with Gasteiger partial charge in [0.15, 0.2) is 11.0 Å². The molecule has 0 aliphatic rings. The van der Waals surface area contributed by atoms with Crippen LogP contribution in [0.4, 0.5) is 5.69 Å². The molecule has 3 rings (SSSR count). The van der Waals surface area contributed by atoms with Gasteiger partial charge in [-0.1, -0.05) is 76.4 Å². The number of aromatic nitrogens is 3. The second kappa shape index (κ2) is 9.67. The Labute approximate surface area is 188 Å². The number of allylic oxidation sites excluding steroid dienone is 1. The van der Waals surface area contributed by atoms with Gasteiger partial charge in [0.2, 0.25) is 5.91 Å². The Morgan fingerprint density at radius 2 is 1.93 bits per heavy atom. The number of carbonyl (C=O) groups is 1. The van der Waals surface area contributed by atoms with Gasteiger partial charge in [-0.15, -0.1) is 16.8 Å². The van der Waals surface area contributed by atoms with Gasteiger partial charge >= 0.3 is 0 Å². The molecule has 9 heteroatoms.